The van der Waals surface area contributed by atoms with E-state index in [1.165, 1.54) is 25.9 Å². The molecule has 142 valence electrons. The van der Waals surface area contributed by atoms with Crippen molar-refractivity contribution in [3.8, 4) is 0 Å². The van der Waals surface area contributed by atoms with Gasteiger partial charge in [-0.15, -0.1) is 0 Å². The molecule has 3 heterocycles. The molecule has 4 rings (SSSR count). The van der Waals surface area contributed by atoms with E-state index in [9.17, 15) is 4.79 Å². The molecular formula is C21H23Cl2N3O. The number of rotatable bonds is 6. The van der Waals surface area contributed by atoms with Crippen LogP contribution in [0, 0.1) is 0 Å². The molecule has 0 saturated carbocycles. The molecule has 1 fully saturated rings. The molecule has 0 atom stereocenters. The van der Waals surface area contributed by atoms with Crippen molar-refractivity contribution in [3.05, 3.63) is 68.7 Å². The second-order valence-electron chi connectivity index (χ2n) is 7.21. The summed E-state index contributed by atoms with van der Waals surface area (Å²) in [6.45, 7) is 4.89. The highest BCUT2D eigenvalue weighted by Crippen LogP contribution is 2.24. The number of pyridine rings is 1. The van der Waals surface area contributed by atoms with E-state index in [1.54, 1.807) is 6.07 Å². The van der Waals surface area contributed by atoms with E-state index in [1.807, 2.05) is 41.2 Å². The fourth-order valence-electron chi connectivity index (χ4n) is 3.85. The molecular weight excluding hydrogens is 381 g/mol. The third-order valence-corrected chi connectivity index (χ3v) is 6.06. The Morgan fingerprint density at radius 1 is 0.889 bits per heavy atom. The van der Waals surface area contributed by atoms with Crippen LogP contribution < -0.4 is 5.56 Å². The first-order valence-electron chi connectivity index (χ1n) is 9.46. The molecule has 0 aliphatic carbocycles. The van der Waals surface area contributed by atoms with Crippen molar-refractivity contribution in [2.24, 2.45) is 0 Å². The lowest BCUT2D eigenvalue weighted by atomic mass is 10.2. The average molecular weight is 404 g/mol. The molecule has 0 N–H and O–H groups in total. The summed E-state index contributed by atoms with van der Waals surface area (Å²) in [5.74, 6) is 0. The van der Waals surface area contributed by atoms with Crippen molar-refractivity contribution in [2.45, 2.75) is 32.4 Å². The summed E-state index contributed by atoms with van der Waals surface area (Å²) in [5, 5.41) is 1.86. The summed E-state index contributed by atoms with van der Waals surface area (Å²) in [7, 11) is 0. The summed E-state index contributed by atoms with van der Waals surface area (Å²) in [6.07, 6.45) is 7.50. The number of halogens is 2. The van der Waals surface area contributed by atoms with Gasteiger partial charge in [-0.05, 0) is 68.7 Å². The van der Waals surface area contributed by atoms with E-state index >= 15 is 0 Å². The van der Waals surface area contributed by atoms with Crippen LogP contribution >= 0.6 is 23.2 Å². The molecule has 6 heteroatoms. The fourth-order valence-corrected chi connectivity index (χ4v) is 4.17. The lowest BCUT2D eigenvalue weighted by Gasteiger charge is -2.14. The highest BCUT2D eigenvalue weighted by atomic mass is 35.5. The number of nitrogens with zero attached hydrogens (tertiary/aromatic N) is 3. The quantitative estimate of drug-likeness (QED) is 0.599. The lowest BCUT2D eigenvalue weighted by Crippen LogP contribution is -2.24. The molecule has 2 aromatic heterocycles. The normalized spacial score (nSPS) is 15.0. The van der Waals surface area contributed by atoms with Gasteiger partial charge in [0.2, 0.25) is 0 Å². The second kappa shape index (κ2) is 8.09. The van der Waals surface area contributed by atoms with Gasteiger partial charge in [0.05, 0.1) is 20.9 Å². The van der Waals surface area contributed by atoms with Gasteiger partial charge >= 0.3 is 0 Å². The van der Waals surface area contributed by atoms with Crippen molar-refractivity contribution >= 4 is 34.1 Å². The molecule has 0 unspecified atom stereocenters. The van der Waals surface area contributed by atoms with Crippen LogP contribution in [0.4, 0.5) is 0 Å². The van der Waals surface area contributed by atoms with Crippen LogP contribution in [0.5, 0.6) is 0 Å². The van der Waals surface area contributed by atoms with Crippen LogP contribution in [0.25, 0.3) is 10.9 Å². The van der Waals surface area contributed by atoms with E-state index in [0.717, 1.165) is 36.0 Å². The summed E-state index contributed by atoms with van der Waals surface area (Å²) in [4.78, 5) is 15.3. The number of hydrogen-bond acceptors (Lipinski definition) is 2. The molecule has 1 aromatic carbocycles. The second-order valence-corrected chi connectivity index (χ2v) is 8.02. The van der Waals surface area contributed by atoms with Crippen molar-refractivity contribution in [1.82, 2.24) is 14.0 Å². The Labute approximate surface area is 168 Å². The zero-order chi connectivity index (χ0) is 18.8. The number of aryl methyl sites for hydroxylation is 1. The van der Waals surface area contributed by atoms with Crippen molar-refractivity contribution in [3.63, 3.8) is 0 Å². The SMILES string of the molecule is O=c1c2ccn(Cc3ccc(Cl)c(Cl)c3)c2ccn1CCCN1CCCC1. The predicted molar refractivity (Wildman–Crippen MR) is 112 cm³/mol. The Morgan fingerprint density at radius 3 is 2.44 bits per heavy atom. The standard InChI is InChI=1S/C21H23Cl2N3O/c22-18-5-4-16(14-19(18)23)15-26-12-6-17-20(26)7-13-25(21(17)27)11-3-10-24-8-1-2-9-24/h4-7,12-14H,1-3,8-11,15H2. The van der Waals surface area contributed by atoms with Gasteiger partial charge in [0, 0.05) is 25.5 Å². The monoisotopic (exact) mass is 403 g/mol. The number of fused-ring (bicyclic) bond motifs is 1. The summed E-state index contributed by atoms with van der Waals surface area (Å²) in [6, 6.07) is 9.57. The highest BCUT2D eigenvalue weighted by molar-refractivity contribution is 6.42. The molecule has 3 aromatic rings. The molecule has 1 saturated heterocycles. The predicted octanol–water partition coefficient (Wildman–Crippen LogP) is 4.64. The highest BCUT2D eigenvalue weighted by Gasteiger charge is 2.12. The van der Waals surface area contributed by atoms with E-state index in [2.05, 4.69) is 9.47 Å². The minimum absolute atomic E-state index is 0.0850. The third-order valence-electron chi connectivity index (χ3n) is 5.32. The van der Waals surface area contributed by atoms with Gasteiger partial charge in [0.15, 0.2) is 0 Å². The minimum Gasteiger partial charge on any atom is -0.343 e. The molecule has 27 heavy (non-hydrogen) atoms. The molecule has 1 aliphatic rings. The first-order chi connectivity index (χ1) is 13.1. The molecule has 1 aliphatic heterocycles. The Balaban J connectivity index is 1.50. The van der Waals surface area contributed by atoms with E-state index in [4.69, 9.17) is 23.2 Å². The van der Waals surface area contributed by atoms with Crippen LogP contribution in [0.1, 0.15) is 24.8 Å². The molecule has 0 spiro atoms. The van der Waals surface area contributed by atoms with Gasteiger partial charge < -0.3 is 14.0 Å². The minimum atomic E-state index is 0.0850. The van der Waals surface area contributed by atoms with E-state index in [-0.39, 0.29) is 5.56 Å². The molecule has 0 radical (unpaired) electrons. The van der Waals surface area contributed by atoms with Crippen LogP contribution in [-0.4, -0.2) is 33.7 Å². The average Bonchev–Trinajstić information content (AvgIpc) is 3.31. The number of aromatic nitrogens is 2. The Morgan fingerprint density at radius 2 is 1.67 bits per heavy atom. The van der Waals surface area contributed by atoms with Crippen molar-refractivity contribution in [2.75, 3.05) is 19.6 Å². The van der Waals surface area contributed by atoms with Gasteiger partial charge in [0.25, 0.3) is 5.56 Å². The van der Waals surface area contributed by atoms with Gasteiger partial charge in [-0.2, -0.15) is 0 Å². The van der Waals surface area contributed by atoms with E-state index in [0.29, 0.717) is 16.6 Å². The Kier molecular flexibility index (Phi) is 5.58. The fraction of sp³-hybridized carbons (Fsp3) is 0.381. The van der Waals surface area contributed by atoms with Gasteiger partial charge in [-0.25, -0.2) is 0 Å². The van der Waals surface area contributed by atoms with Crippen LogP contribution in [0.15, 0.2) is 47.5 Å². The molecule has 4 nitrogen and oxygen atoms in total. The maximum atomic E-state index is 12.8. The lowest BCUT2D eigenvalue weighted by molar-refractivity contribution is 0.324. The van der Waals surface area contributed by atoms with Gasteiger partial charge in [-0.1, -0.05) is 29.3 Å². The number of likely N-dealkylation sites (tertiary alicyclic amines) is 1. The zero-order valence-electron chi connectivity index (χ0n) is 15.2. The van der Waals surface area contributed by atoms with Crippen molar-refractivity contribution < 1.29 is 0 Å². The third kappa shape index (κ3) is 4.08. The van der Waals surface area contributed by atoms with Gasteiger partial charge in [-0.3, -0.25) is 4.79 Å². The maximum Gasteiger partial charge on any atom is 0.259 e. The first kappa shape index (κ1) is 18.6. The largest absolute Gasteiger partial charge is 0.343 e. The summed E-state index contributed by atoms with van der Waals surface area (Å²) >= 11 is 12.1. The van der Waals surface area contributed by atoms with Gasteiger partial charge in [0.1, 0.15) is 0 Å². The summed E-state index contributed by atoms with van der Waals surface area (Å²) in [5.41, 5.74) is 2.08. The smallest absolute Gasteiger partial charge is 0.259 e. The number of hydrogen-bond donors (Lipinski definition) is 0. The number of benzene rings is 1. The Bertz CT molecular complexity index is 1000. The first-order valence-corrected chi connectivity index (χ1v) is 10.2. The van der Waals surface area contributed by atoms with Crippen LogP contribution in [-0.2, 0) is 13.1 Å². The topological polar surface area (TPSA) is 30.2 Å². The maximum absolute atomic E-state index is 12.8. The van der Waals surface area contributed by atoms with E-state index < -0.39 is 0 Å². The van der Waals surface area contributed by atoms with Crippen LogP contribution in [0.2, 0.25) is 10.0 Å². The molecule has 0 bridgehead atoms. The van der Waals surface area contributed by atoms with Crippen LogP contribution in [0.3, 0.4) is 0 Å². The summed E-state index contributed by atoms with van der Waals surface area (Å²) < 4.78 is 3.91. The molecule has 0 amide bonds. The Hall–Kier alpha value is -1.75. The zero-order valence-corrected chi connectivity index (χ0v) is 16.7. The van der Waals surface area contributed by atoms with Crippen molar-refractivity contribution in [1.29, 1.82) is 0 Å².